The predicted molar refractivity (Wildman–Crippen MR) is 95.9 cm³/mol. The summed E-state index contributed by atoms with van der Waals surface area (Å²) in [6, 6.07) is 14.6. The summed E-state index contributed by atoms with van der Waals surface area (Å²) >= 11 is 0.837. The third kappa shape index (κ3) is 4.60. The van der Waals surface area contributed by atoms with Crippen LogP contribution in [0.5, 0.6) is 11.5 Å². The fourth-order valence-electron chi connectivity index (χ4n) is 2.33. The zero-order valence-electron chi connectivity index (χ0n) is 13.4. The molecule has 0 spiro atoms. The molecule has 0 aromatic heterocycles. The Kier molecular flexibility index (Phi) is 5.04. The Morgan fingerprint density at radius 3 is 2.56 bits per heavy atom. The van der Waals surface area contributed by atoms with Gasteiger partial charge in [-0.15, -0.1) is 0 Å². The summed E-state index contributed by atoms with van der Waals surface area (Å²) in [5.41, 5.74) is 1.70. The number of amides is 3. The average molecular weight is 356 g/mol. The van der Waals surface area contributed by atoms with Crippen molar-refractivity contribution in [2.24, 2.45) is 0 Å². The molecule has 0 unspecified atom stereocenters. The lowest BCUT2D eigenvalue weighted by molar-refractivity contribution is -0.122. The number of imide groups is 1. The maximum atomic E-state index is 12.0. The van der Waals surface area contributed by atoms with Gasteiger partial charge in [-0.25, -0.2) is 0 Å². The minimum absolute atomic E-state index is 0.0518. The van der Waals surface area contributed by atoms with Gasteiger partial charge in [-0.2, -0.15) is 0 Å². The first-order chi connectivity index (χ1) is 12.0. The van der Waals surface area contributed by atoms with E-state index in [1.165, 1.54) is 0 Å². The van der Waals surface area contributed by atoms with Crippen molar-refractivity contribution in [3.05, 3.63) is 54.1 Å². The number of hydrogen-bond acceptors (Lipinski definition) is 5. The first-order valence-corrected chi connectivity index (χ1v) is 8.53. The molecule has 0 bridgehead atoms. The lowest BCUT2D eigenvalue weighted by Crippen LogP contribution is -2.27. The van der Waals surface area contributed by atoms with E-state index in [9.17, 15) is 14.4 Å². The Morgan fingerprint density at radius 1 is 1.16 bits per heavy atom. The minimum atomic E-state index is -0.670. The number of carbonyl (C=O) groups is 3. The van der Waals surface area contributed by atoms with E-state index in [0.29, 0.717) is 11.4 Å². The minimum Gasteiger partial charge on any atom is -0.457 e. The summed E-state index contributed by atoms with van der Waals surface area (Å²) in [5, 5.41) is 3.78. The molecule has 2 aromatic carbocycles. The molecule has 2 aromatic rings. The van der Waals surface area contributed by atoms with Crippen LogP contribution in [0.15, 0.2) is 48.5 Å². The number of rotatable bonds is 5. The molecule has 7 heteroatoms. The van der Waals surface area contributed by atoms with Crippen LogP contribution in [-0.2, 0) is 9.59 Å². The zero-order valence-corrected chi connectivity index (χ0v) is 14.3. The van der Waals surface area contributed by atoms with Crippen LogP contribution in [-0.4, -0.2) is 22.3 Å². The molecule has 1 heterocycles. The van der Waals surface area contributed by atoms with Crippen molar-refractivity contribution in [3.63, 3.8) is 0 Å². The van der Waals surface area contributed by atoms with Gasteiger partial charge in [0.2, 0.25) is 11.8 Å². The van der Waals surface area contributed by atoms with E-state index >= 15 is 0 Å². The second kappa shape index (κ2) is 7.40. The largest absolute Gasteiger partial charge is 0.457 e. The molecule has 6 nitrogen and oxygen atoms in total. The summed E-state index contributed by atoms with van der Waals surface area (Å²) < 4.78 is 5.75. The number of hydrogen-bond donors (Lipinski definition) is 2. The summed E-state index contributed by atoms with van der Waals surface area (Å²) in [6.07, 6.45) is -0.0518. The molecule has 3 amide bonds. The molecule has 1 aliphatic heterocycles. The topological polar surface area (TPSA) is 84.5 Å². The van der Waals surface area contributed by atoms with E-state index in [2.05, 4.69) is 10.6 Å². The number of thioether (sulfide) groups is 1. The van der Waals surface area contributed by atoms with Crippen molar-refractivity contribution in [1.29, 1.82) is 0 Å². The third-order valence-corrected chi connectivity index (χ3v) is 4.48. The van der Waals surface area contributed by atoms with Crippen LogP contribution in [0.3, 0.4) is 0 Å². The highest BCUT2D eigenvalue weighted by Gasteiger charge is 2.33. The van der Waals surface area contributed by atoms with Crippen molar-refractivity contribution in [1.82, 2.24) is 5.32 Å². The van der Waals surface area contributed by atoms with Gasteiger partial charge in [0.15, 0.2) is 0 Å². The van der Waals surface area contributed by atoms with Crippen LogP contribution in [0.1, 0.15) is 12.0 Å². The van der Waals surface area contributed by atoms with Crippen molar-refractivity contribution in [2.75, 3.05) is 5.32 Å². The van der Waals surface area contributed by atoms with E-state index in [-0.39, 0.29) is 12.3 Å². The normalized spacial score (nSPS) is 16.4. The average Bonchev–Trinajstić information content (AvgIpc) is 2.87. The number of aryl methyl sites for hydroxylation is 1. The highest BCUT2D eigenvalue weighted by atomic mass is 32.2. The molecule has 0 aliphatic carbocycles. The Hall–Kier alpha value is -2.80. The van der Waals surface area contributed by atoms with Gasteiger partial charge in [0.1, 0.15) is 16.7 Å². The quantitative estimate of drug-likeness (QED) is 0.857. The number of nitrogens with one attached hydrogen (secondary N) is 2. The number of carbonyl (C=O) groups excluding carboxylic acids is 3. The molecular weight excluding hydrogens is 340 g/mol. The van der Waals surface area contributed by atoms with Crippen LogP contribution in [0.2, 0.25) is 0 Å². The number of benzene rings is 2. The summed E-state index contributed by atoms with van der Waals surface area (Å²) in [5.74, 6) is 0.646. The van der Waals surface area contributed by atoms with Crippen molar-refractivity contribution in [2.45, 2.75) is 18.6 Å². The Bertz CT molecular complexity index is 820. The van der Waals surface area contributed by atoms with E-state index in [1.54, 1.807) is 24.3 Å². The van der Waals surface area contributed by atoms with Crippen LogP contribution >= 0.6 is 11.8 Å². The number of anilines is 1. The molecule has 1 saturated heterocycles. The Balaban J connectivity index is 1.56. The summed E-state index contributed by atoms with van der Waals surface area (Å²) in [4.78, 5) is 34.6. The summed E-state index contributed by atoms with van der Waals surface area (Å²) in [6.45, 7) is 1.99. The Labute approximate surface area is 148 Å². The highest BCUT2D eigenvalue weighted by Crippen LogP contribution is 2.25. The van der Waals surface area contributed by atoms with Gasteiger partial charge >= 0.3 is 0 Å². The van der Waals surface area contributed by atoms with E-state index in [4.69, 9.17) is 4.74 Å². The Morgan fingerprint density at radius 2 is 1.92 bits per heavy atom. The molecule has 128 valence electrons. The van der Waals surface area contributed by atoms with Crippen LogP contribution < -0.4 is 15.4 Å². The number of ether oxygens (including phenoxy) is 1. The molecular formula is C18H16N2O4S. The van der Waals surface area contributed by atoms with Gasteiger partial charge in [0, 0.05) is 12.1 Å². The van der Waals surface area contributed by atoms with Crippen LogP contribution in [0, 0.1) is 6.92 Å². The lowest BCUT2D eigenvalue weighted by atomic mass is 10.2. The molecule has 1 atom stereocenters. The highest BCUT2D eigenvalue weighted by molar-refractivity contribution is 8.15. The SMILES string of the molecule is Cc1cccc(Oc2ccc(NC(=O)C[C@H]3SC(=O)NC3=O)cc2)c1. The molecule has 1 aliphatic rings. The van der Waals surface area contributed by atoms with Crippen molar-refractivity contribution < 1.29 is 19.1 Å². The first-order valence-electron chi connectivity index (χ1n) is 7.65. The molecule has 0 radical (unpaired) electrons. The van der Waals surface area contributed by atoms with Gasteiger partial charge in [-0.05, 0) is 48.9 Å². The molecule has 3 rings (SSSR count). The van der Waals surface area contributed by atoms with Gasteiger partial charge < -0.3 is 10.1 Å². The molecule has 25 heavy (non-hydrogen) atoms. The van der Waals surface area contributed by atoms with E-state index in [0.717, 1.165) is 23.1 Å². The summed E-state index contributed by atoms with van der Waals surface area (Å²) in [7, 11) is 0. The maximum Gasteiger partial charge on any atom is 0.286 e. The van der Waals surface area contributed by atoms with E-state index < -0.39 is 16.4 Å². The van der Waals surface area contributed by atoms with Crippen LogP contribution in [0.25, 0.3) is 0 Å². The second-order valence-corrected chi connectivity index (χ2v) is 6.75. The van der Waals surface area contributed by atoms with Gasteiger partial charge in [0.25, 0.3) is 5.24 Å². The molecule has 0 saturated carbocycles. The van der Waals surface area contributed by atoms with Crippen molar-refractivity contribution >= 4 is 34.5 Å². The third-order valence-electron chi connectivity index (χ3n) is 3.50. The van der Waals surface area contributed by atoms with Crippen LogP contribution in [0.4, 0.5) is 10.5 Å². The lowest BCUT2D eigenvalue weighted by Gasteiger charge is -2.09. The van der Waals surface area contributed by atoms with Gasteiger partial charge in [0.05, 0.1) is 0 Å². The molecule has 1 fully saturated rings. The zero-order chi connectivity index (χ0) is 17.8. The van der Waals surface area contributed by atoms with Gasteiger partial charge in [-0.3, -0.25) is 19.7 Å². The second-order valence-electron chi connectivity index (χ2n) is 5.58. The maximum absolute atomic E-state index is 12.0. The smallest absolute Gasteiger partial charge is 0.286 e. The van der Waals surface area contributed by atoms with Crippen molar-refractivity contribution in [3.8, 4) is 11.5 Å². The fraction of sp³-hybridized carbons (Fsp3) is 0.167. The first kappa shape index (κ1) is 17.0. The monoisotopic (exact) mass is 356 g/mol. The molecule has 2 N–H and O–H groups in total. The predicted octanol–water partition coefficient (Wildman–Crippen LogP) is 3.47. The van der Waals surface area contributed by atoms with Gasteiger partial charge in [-0.1, -0.05) is 23.9 Å². The standard InChI is InChI=1S/C18H16N2O4S/c1-11-3-2-4-14(9-11)24-13-7-5-12(6-8-13)19-16(21)10-15-17(22)20-18(23)25-15/h2-9,15H,10H2,1H3,(H,19,21)(H,20,22,23)/t15-/m1/s1. The fourth-order valence-corrected chi connectivity index (χ4v) is 3.15. The van der Waals surface area contributed by atoms with E-state index in [1.807, 2.05) is 31.2 Å².